The molecule has 1 aliphatic rings. The smallest absolute Gasteiger partial charge is 0.289 e. The van der Waals surface area contributed by atoms with E-state index < -0.39 is 0 Å². The fourth-order valence-corrected chi connectivity index (χ4v) is 3.58. The maximum absolute atomic E-state index is 12.3. The Morgan fingerprint density at radius 2 is 2.22 bits per heavy atom. The van der Waals surface area contributed by atoms with E-state index in [2.05, 4.69) is 5.92 Å². The predicted molar refractivity (Wildman–Crippen MR) is 92.9 cm³/mol. The highest BCUT2D eigenvalue weighted by molar-refractivity contribution is 8.15. The molecule has 1 aromatic carbocycles. The third-order valence-corrected chi connectivity index (χ3v) is 4.84. The molecule has 0 unspecified atom stereocenters. The van der Waals surface area contributed by atoms with Crippen molar-refractivity contribution in [1.29, 1.82) is 0 Å². The van der Waals surface area contributed by atoms with E-state index in [0.29, 0.717) is 23.7 Å². The third-order valence-electron chi connectivity index (χ3n) is 3.47. The van der Waals surface area contributed by atoms with Crippen LogP contribution in [0.1, 0.15) is 25.3 Å². The molecule has 2 amide bonds. The summed E-state index contributed by atoms with van der Waals surface area (Å²) in [6.45, 7) is 2.68. The molecule has 1 fully saturated rings. The summed E-state index contributed by atoms with van der Waals surface area (Å²) >= 11 is 7.24. The van der Waals surface area contributed by atoms with Gasteiger partial charge in [0.05, 0.1) is 10.3 Å². The third kappa shape index (κ3) is 4.43. The highest BCUT2D eigenvalue weighted by Gasteiger charge is 2.38. The first-order chi connectivity index (χ1) is 11.1. The molecule has 1 heterocycles. The molecule has 1 saturated heterocycles. The van der Waals surface area contributed by atoms with Crippen molar-refractivity contribution in [3.05, 3.63) is 28.8 Å². The maximum Gasteiger partial charge on any atom is 0.289 e. The topological polar surface area (TPSA) is 46.6 Å². The van der Waals surface area contributed by atoms with Crippen LogP contribution in [0.15, 0.2) is 18.2 Å². The number of amides is 2. The van der Waals surface area contributed by atoms with Gasteiger partial charge in [0.25, 0.3) is 5.24 Å². The monoisotopic (exact) mass is 351 g/mol. The number of hydrogen-bond acceptors (Lipinski definition) is 4. The summed E-state index contributed by atoms with van der Waals surface area (Å²) in [5, 5.41) is -0.0937. The molecule has 0 saturated carbocycles. The van der Waals surface area contributed by atoms with Crippen LogP contribution in [0.3, 0.4) is 0 Å². The predicted octanol–water partition coefficient (Wildman–Crippen LogP) is 3.76. The summed E-state index contributed by atoms with van der Waals surface area (Å²) in [5.41, 5.74) is 0.888. The molecular weight excluding hydrogens is 334 g/mol. The van der Waals surface area contributed by atoms with Crippen LogP contribution >= 0.6 is 23.4 Å². The van der Waals surface area contributed by atoms with Crippen LogP contribution in [-0.2, 0) is 11.2 Å². The van der Waals surface area contributed by atoms with Crippen molar-refractivity contribution < 1.29 is 14.3 Å². The second kappa shape index (κ2) is 8.28. The van der Waals surface area contributed by atoms with E-state index in [9.17, 15) is 9.59 Å². The number of thioether (sulfide) groups is 1. The SMILES string of the molecule is C#CCOc1ccc(C[C@H]2SC(=O)N(CCCC)C2=O)cc1Cl. The highest BCUT2D eigenvalue weighted by Crippen LogP contribution is 2.32. The highest BCUT2D eigenvalue weighted by atomic mass is 35.5. The van der Waals surface area contributed by atoms with Crippen molar-refractivity contribution >= 4 is 34.5 Å². The van der Waals surface area contributed by atoms with Crippen LogP contribution in [0.25, 0.3) is 0 Å². The number of ether oxygens (including phenoxy) is 1. The van der Waals surface area contributed by atoms with Gasteiger partial charge in [-0.2, -0.15) is 0 Å². The van der Waals surface area contributed by atoms with Crippen molar-refractivity contribution in [2.45, 2.75) is 31.4 Å². The van der Waals surface area contributed by atoms with Gasteiger partial charge in [-0.25, -0.2) is 0 Å². The van der Waals surface area contributed by atoms with Gasteiger partial charge in [0.15, 0.2) is 0 Å². The van der Waals surface area contributed by atoms with Crippen molar-refractivity contribution in [3.8, 4) is 18.1 Å². The molecule has 0 aromatic heterocycles. The van der Waals surface area contributed by atoms with Gasteiger partial charge in [-0.1, -0.05) is 48.7 Å². The van der Waals surface area contributed by atoms with E-state index in [0.717, 1.165) is 30.2 Å². The molecule has 0 aliphatic carbocycles. The largest absolute Gasteiger partial charge is 0.479 e. The summed E-state index contributed by atoms with van der Waals surface area (Å²) in [5.74, 6) is 2.78. The maximum atomic E-state index is 12.3. The van der Waals surface area contributed by atoms with Gasteiger partial charge in [0.2, 0.25) is 5.91 Å². The second-order valence-electron chi connectivity index (χ2n) is 5.18. The normalized spacial score (nSPS) is 17.4. The van der Waals surface area contributed by atoms with Gasteiger partial charge in [-0.15, -0.1) is 6.42 Å². The van der Waals surface area contributed by atoms with Crippen LogP contribution in [0, 0.1) is 12.3 Å². The van der Waals surface area contributed by atoms with Crippen molar-refractivity contribution in [2.75, 3.05) is 13.2 Å². The molecule has 0 spiro atoms. The standard InChI is InChI=1S/C17H18ClNO3S/c1-3-5-8-19-16(20)15(23-17(19)21)11-12-6-7-14(13(18)10-12)22-9-4-2/h2,6-7,10,15H,3,5,8-9,11H2,1H3/t15-/m1/s1. The van der Waals surface area contributed by atoms with Crippen LogP contribution in [-0.4, -0.2) is 34.4 Å². The fraction of sp³-hybridized carbons (Fsp3) is 0.412. The van der Waals surface area contributed by atoms with E-state index >= 15 is 0 Å². The Hall–Kier alpha value is -1.64. The molecule has 1 aliphatic heterocycles. The van der Waals surface area contributed by atoms with Crippen LogP contribution in [0.2, 0.25) is 5.02 Å². The summed E-state index contributed by atoms with van der Waals surface area (Å²) in [6, 6.07) is 5.32. The molecular formula is C17H18ClNO3S. The van der Waals surface area contributed by atoms with E-state index in [1.807, 2.05) is 13.0 Å². The summed E-state index contributed by atoms with van der Waals surface area (Å²) in [4.78, 5) is 25.6. The van der Waals surface area contributed by atoms with Gasteiger partial charge >= 0.3 is 0 Å². The quantitative estimate of drug-likeness (QED) is 0.702. The van der Waals surface area contributed by atoms with E-state index in [1.165, 1.54) is 4.90 Å². The molecule has 4 nitrogen and oxygen atoms in total. The van der Waals surface area contributed by atoms with Crippen molar-refractivity contribution in [2.24, 2.45) is 0 Å². The van der Waals surface area contributed by atoms with Gasteiger partial charge < -0.3 is 4.74 Å². The van der Waals surface area contributed by atoms with Crippen molar-refractivity contribution in [3.63, 3.8) is 0 Å². The van der Waals surface area contributed by atoms with E-state index in [-0.39, 0.29) is 23.0 Å². The lowest BCUT2D eigenvalue weighted by Gasteiger charge is -2.13. The fourth-order valence-electron chi connectivity index (χ4n) is 2.27. The Bertz CT molecular complexity index is 641. The number of terminal acetylenes is 1. The summed E-state index contributed by atoms with van der Waals surface area (Å²) < 4.78 is 5.31. The number of unbranched alkanes of at least 4 members (excludes halogenated alkanes) is 1. The Morgan fingerprint density at radius 1 is 1.43 bits per heavy atom. The lowest BCUT2D eigenvalue weighted by Crippen LogP contribution is -2.33. The molecule has 6 heteroatoms. The summed E-state index contributed by atoms with van der Waals surface area (Å²) in [6.07, 6.45) is 7.39. The number of imide groups is 1. The van der Waals surface area contributed by atoms with E-state index in [1.54, 1.807) is 12.1 Å². The zero-order valence-corrected chi connectivity index (χ0v) is 14.5. The molecule has 0 N–H and O–H groups in total. The minimum atomic E-state index is -0.382. The number of carbonyl (C=O) groups excluding carboxylic acids is 2. The number of carbonyl (C=O) groups is 2. The minimum absolute atomic E-state index is 0.114. The van der Waals surface area contributed by atoms with Gasteiger partial charge in [-0.05, 0) is 30.5 Å². The second-order valence-corrected chi connectivity index (χ2v) is 6.74. The zero-order valence-electron chi connectivity index (χ0n) is 12.9. The molecule has 0 radical (unpaired) electrons. The van der Waals surface area contributed by atoms with Gasteiger partial charge in [-0.3, -0.25) is 14.5 Å². The zero-order chi connectivity index (χ0) is 16.8. The molecule has 122 valence electrons. The van der Waals surface area contributed by atoms with Crippen LogP contribution in [0.4, 0.5) is 4.79 Å². The van der Waals surface area contributed by atoms with Gasteiger partial charge in [0, 0.05) is 6.54 Å². The Kier molecular flexibility index (Phi) is 6.37. The Morgan fingerprint density at radius 3 is 2.87 bits per heavy atom. The lowest BCUT2D eigenvalue weighted by atomic mass is 10.1. The Balaban J connectivity index is 2.02. The molecule has 1 atom stereocenters. The molecule has 0 bridgehead atoms. The summed E-state index contributed by atoms with van der Waals surface area (Å²) in [7, 11) is 0. The molecule has 2 rings (SSSR count). The number of benzene rings is 1. The number of halogens is 1. The first kappa shape index (κ1) is 17.7. The van der Waals surface area contributed by atoms with E-state index in [4.69, 9.17) is 22.8 Å². The van der Waals surface area contributed by atoms with Crippen molar-refractivity contribution in [1.82, 2.24) is 4.90 Å². The minimum Gasteiger partial charge on any atom is -0.479 e. The first-order valence-corrected chi connectivity index (χ1v) is 8.69. The van der Waals surface area contributed by atoms with Crippen LogP contribution in [0.5, 0.6) is 5.75 Å². The average molecular weight is 352 g/mol. The van der Waals surface area contributed by atoms with Crippen LogP contribution < -0.4 is 4.74 Å². The molecule has 1 aromatic rings. The lowest BCUT2D eigenvalue weighted by molar-refractivity contribution is -0.126. The molecule has 23 heavy (non-hydrogen) atoms. The number of hydrogen-bond donors (Lipinski definition) is 0. The van der Waals surface area contributed by atoms with Gasteiger partial charge in [0.1, 0.15) is 12.4 Å². The number of nitrogens with zero attached hydrogens (tertiary/aromatic N) is 1. The average Bonchev–Trinajstić information content (AvgIpc) is 2.78. The Labute approximate surface area is 145 Å². The number of rotatable bonds is 7. The first-order valence-electron chi connectivity index (χ1n) is 7.43.